The zero-order valence-electron chi connectivity index (χ0n) is 16.4. The molecule has 3 N–H and O–H groups in total. The van der Waals surface area contributed by atoms with Crippen molar-refractivity contribution in [2.75, 3.05) is 40.5 Å². The van der Waals surface area contributed by atoms with Crippen LogP contribution in [0.25, 0.3) is 0 Å². The number of carbonyl (C=O) groups is 1. The van der Waals surface area contributed by atoms with Crippen LogP contribution in [-0.2, 0) is 16.1 Å². The van der Waals surface area contributed by atoms with Gasteiger partial charge in [-0.3, -0.25) is 9.79 Å². The molecule has 26 heavy (non-hydrogen) atoms. The van der Waals surface area contributed by atoms with Crippen molar-refractivity contribution in [3.8, 4) is 5.75 Å². The third-order valence-electron chi connectivity index (χ3n) is 3.65. The molecule has 0 radical (unpaired) electrons. The highest BCUT2D eigenvalue weighted by Gasteiger charge is 2.07. The van der Waals surface area contributed by atoms with Gasteiger partial charge in [0.1, 0.15) is 12.4 Å². The van der Waals surface area contributed by atoms with E-state index in [0.29, 0.717) is 45.2 Å². The van der Waals surface area contributed by atoms with E-state index in [9.17, 15) is 4.79 Å². The number of carbonyl (C=O) groups excluding carboxylic acids is 1. The number of aliphatic imine (C=N–C) groups is 1. The lowest BCUT2D eigenvalue weighted by Gasteiger charge is -2.15. The van der Waals surface area contributed by atoms with E-state index >= 15 is 0 Å². The second-order valence-electron chi connectivity index (χ2n) is 5.90. The van der Waals surface area contributed by atoms with E-state index in [1.807, 2.05) is 26.0 Å². The van der Waals surface area contributed by atoms with E-state index in [1.54, 1.807) is 14.2 Å². The molecule has 1 aromatic carbocycles. The zero-order chi connectivity index (χ0) is 19.2. The predicted molar refractivity (Wildman–Crippen MR) is 105 cm³/mol. The van der Waals surface area contributed by atoms with Gasteiger partial charge in [0.15, 0.2) is 5.96 Å². The zero-order valence-corrected chi connectivity index (χ0v) is 16.4. The average molecular weight is 364 g/mol. The number of benzene rings is 1. The largest absolute Gasteiger partial charge is 0.491 e. The van der Waals surface area contributed by atoms with Gasteiger partial charge >= 0.3 is 0 Å². The molecule has 7 nitrogen and oxygen atoms in total. The molecule has 0 saturated carbocycles. The molecule has 1 rings (SSSR count). The Balaban J connectivity index is 2.48. The molecule has 0 aliphatic rings. The molecule has 0 aromatic heterocycles. The number of amides is 1. The van der Waals surface area contributed by atoms with Gasteiger partial charge in [-0.25, -0.2) is 0 Å². The van der Waals surface area contributed by atoms with Crippen LogP contribution >= 0.6 is 0 Å². The first-order valence-electron chi connectivity index (χ1n) is 9.03. The molecule has 0 saturated heterocycles. The summed E-state index contributed by atoms with van der Waals surface area (Å²) in [4.78, 5) is 15.8. The van der Waals surface area contributed by atoms with Crippen molar-refractivity contribution in [2.45, 2.75) is 33.2 Å². The van der Waals surface area contributed by atoms with Gasteiger partial charge in [0, 0.05) is 45.8 Å². The second-order valence-corrected chi connectivity index (χ2v) is 5.90. The molecular formula is C19H32N4O3. The Hall–Kier alpha value is -2.28. The molecule has 1 amide bonds. The third-order valence-corrected chi connectivity index (χ3v) is 3.65. The lowest BCUT2D eigenvalue weighted by atomic mass is 10.1. The van der Waals surface area contributed by atoms with E-state index in [-0.39, 0.29) is 5.91 Å². The smallest absolute Gasteiger partial charge is 0.221 e. The summed E-state index contributed by atoms with van der Waals surface area (Å²) < 4.78 is 10.8. The Bertz CT molecular complexity index is 576. The fourth-order valence-electron chi connectivity index (χ4n) is 2.22. The van der Waals surface area contributed by atoms with Crippen molar-refractivity contribution < 1.29 is 14.3 Å². The van der Waals surface area contributed by atoms with Crippen LogP contribution in [0.5, 0.6) is 5.75 Å². The maximum absolute atomic E-state index is 11.6. The Morgan fingerprint density at radius 1 is 1.15 bits per heavy atom. The van der Waals surface area contributed by atoms with Gasteiger partial charge in [0.25, 0.3) is 0 Å². The summed E-state index contributed by atoms with van der Waals surface area (Å²) in [6.45, 7) is 6.93. The first-order chi connectivity index (χ1) is 12.6. The number of ether oxygens (including phenoxy) is 2. The Labute approximate surface area is 156 Å². The Morgan fingerprint density at radius 2 is 1.96 bits per heavy atom. The van der Waals surface area contributed by atoms with Gasteiger partial charge in [-0.05, 0) is 25.0 Å². The average Bonchev–Trinajstić information content (AvgIpc) is 2.64. The van der Waals surface area contributed by atoms with Crippen molar-refractivity contribution in [1.82, 2.24) is 16.0 Å². The SMILES string of the molecule is CCCNC(=O)CCNC(=NC)NCc1ccc(C)cc1OCCOC. The lowest BCUT2D eigenvalue weighted by molar-refractivity contribution is -0.120. The first-order valence-corrected chi connectivity index (χ1v) is 9.03. The summed E-state index contributed by atoms with van der Waals surface area (Å²) in [6, 6.07) is 6.10. The number of hydrogen-bond donors (Lipinski definition) is 3. The van der Waals surface area contributed by atoms with Crippen LogP contribution in [0.15, 0.2) is 23.2 Å². The summed E-state index contributed by atoms with van der Waals surface area (Å²) >= 11 is 0. The number of rotatable bonds is 11. The molecule has 0 fully saturated rings. The van der Waals surface area contributed by atoms with Gasteiger partial charge < -0.3 is 25.4 Å². The van der Waals surface area contributed by atoms with E-state index in [4.69, 9.17) is 9.47 Å². The second kappa shape index (κ2) is 13.0. The molecule has 146 valence electrons. The third kappa shape index (κ3) is 8.71. The van der Waals surface area contributed by atoms with Crippen molar-refractivity contribution >= 4 is 11.9 Å². The summed E-state index contributed by atoms with van der Waals surface area (Å²) in [5.74, 6) is 1.53. The Kier molecular flexibility index (Phi) is 10.9. The monoisotopic (exact) mass is 364 g/mol. The van der Waals surface area contributed by atoms with Crippen molar-refractivity contribution in [1.29, 1.82) is 0 Å². The fraction of sp³-hybridized carbons (Fsp3) is 0.579. The van der Waals surface area contributed by atoms with Crippen LogP contribution in [-0.4, -0.2) is 52.3 Å². The minimum Gasteiger partial charge on any atom is -0.491 e. The lowest BCUT2D eigenvalue weighted by Crippen LogP contribution is -2.39. The molecule has 0 spiro atoms. The molecular weight excluding hydrogens is 332 g/mol. The summed E-state index contributed by atoms with van der Waals surface area (Å²) in [6.07, 6.45) is 1.35. The van der Waals surface area contributed by atoms with E-state index in [1.165, 1.54) is 0 Å². The topological polar surface area (TPSA) is 84.0 Å². The number of nitrogens with zero attached hydrogens (tertiary/aromatic N) is 1. The summed E-state index contributed by atoms with van der Waals surface area (Å²) in [5, 5.41) is 9.25. The minimum atomic E-state index is 0.0437. The summed E-state index contributed by atoms with van der Waals surface area (Å²) in [7, 11) is 3.36. The molecule has 0 aliphatic heterocycles. The standard InChI is InChI=1S/C19H32N4O3/c1-5-9-21-18(24)8-10-22-19(20-3)23-14-16-7-6-15(2)13-17(16)26-12-11-25-4/h6-7,13H,5,8-12,14H2,1-4H3,(H,21,24)(H2,20,22,23). The number of methoxy groups -OCH3 is 1. The molecule has 0 atom stereocenters. The quantitative estimate of drug-likeness (QED) is 0.316. The normalized spacial score (nSPS) is 11.2. The fourth-order valence-corrected chi connectivity index (χ4v) is 2.22. The number of hydrogen-bond acceptors (Lipinski definition) is 4. The van der Waals surface area contributed by atoms with Gasteiger partial charge in [-0.2, -0.15) is 0 Å². The Morgan fingerprint density at radius 3 is 2.65 bits per heavy atom. The number of nitrogens with one attached hydrogen (secondary N) is 3. The van der Waals surface area contributed by atoms with Crippen LogP contribution < -0.4 is 20.7 Å². The van der Waals surface area contributed by atoms with Crippen LogP contribution in [0.1, 0.15) is 30.9 Å². The molecule has 7 heteroatoms. The highest BCUT2D eigenvalue weighted by Crippen LogP contribution is 2.20. The van der Waals surface area contributed by atoms with Crippen LogP contribution in [0, 0.1) is 6.92 Å². The van der Waals surface area contributed by atoms with E-state index in [2.05, 4.69) is 27.0 Å². The van der Waals surface area contributed by atoms with Crippen LogP contribution in [0.4, 0.5) is 0 Å². The van der Waals surface area contributed by atoms with Crippen LogP contribution in [0.2, 0.25) is 0 Å². The molecule has 0 unspecified atom stereocenters. The summed E-state index contributed by atoms with van der Waals surface area (Å²) in [5.41, 5.74) is 2.18. The highest BCUT2D eigenvalue weighted by atomic mass is 16.5. The van der Waals surface area contributed by atoms with Crippen molar-refractivity contribution in [3.05, 3.63) is 29.3 Å². The maximum atomic E-state index is 11.6. The van der Waals surface area contributed by atoms with Gasteiger partial charge in [0.2, 0.25) is 5.91 Å². The first kappa shape index (κ1) is 21.8. The predicted octanol–water partition coefficient (Wildman–Crippen LogP) is 1.60. The minimum absolute atomic E-state index is 0.0437. The number of aryl methyl sites for hydroxylation is 1. The highest BCUT2D eigenvalue weighted by molar-refractivity contribution is 5.81. The van der Waals surface area contributed by atoms with Crippen LogP contribution in [0.3, 0.4) is 0 Å². The van der Waals surface area contributed by atoms with Gasteiger partial charge in [0.05, 0.1) is 6.61 Å². The molecule has 0 aliphatic carbocycles. The maximum Gasteiger partial charge on any atom is 0.221 e. The molecule has 1 aromatic rings. The molecule has 0 bridgehead atoms. The van der Waals surface area contributed by atoms with E-state index < -0.39 is 0 Å². The van der Waals surface area contributed by atoms with Crippen molar-refractivity contribution in [3.63, 3.8) is 0 Å². The molecule has 0 heterocycles. The number of guanidine groups is 1. The van der Waals surface area contributed by atoms with E-state index in [0.717, 1.165) is 23.3 Å². The van der Waals surface area contributed by atoms with Crippen molar-refractivity contribution in [2.24, 2.45) is 4.99 Å². The van der Waals surface area contributed by atoms with Gasteiger partial charge in [-0.15, -0.1) is 0 Å². The van der Waals surface area contributed by atoms with Gasteiger partial charge in [-0.1, -0.05) is 19.1 Å².